The average molecular weight is 407 g/mol. The highest BCUT2D eigenvalue weighted by Gasteiger charge is 2.23. The molecule has 1 fully saturated rings. The third-order valence-corrected chi connectivity index (χ3v) is 6.78. The molecule has 1 atom stereocenters. The van der Waals surface area contributed by atoms with Crippen LogP contribution < -0.4 is 15.2 Å². The number of anilines is 1. The predicted molar refractivity (Wildman–Crippen MR) is 117 cm³/mol. The number of ether oxygens (including phenoxy) is 2. The number of nitrogen functional groups attached to an aromatic ring is 1. The number of hydrogen-bond acceptors (Lipinski definition) is 5. The monoisotopic (exact) mass is 406 g/mol. The Kier molecular flexibility index (Phi) is 5.15. The van der Waals surface area contributed by atoms with E-state index in [-0.39, 0.29) is 6.10 Å². The van der Waals surface area contributed by atoms with Gasteiger partial charge in [-0.15, -0.1) is 11.3 Å². The molecule has 5 heteroatoms. The van der Waals surface area contributed by atoms with Gasteiger partial charge in [-0.2, -0.15) is 0 Å². The molecule has 0 bridgehead atoms. The Morgan fingerprint density at radius 3 is 2.90 bits per heavy atom. The van der Waals surface area contributed by atoms with Crippen LogP contribution in [0.15, 0.2) is 47.8 Å². The summed E-state index contributed by atoms with van der Waals surface area (Å²) in [4.78, 5) is 4.75. The van der Waals surface area contributed by atoms with Gasteiger partial charge in [0.2, 0.25) is 0 Å². The molecule has 2 aromatic carbocycles. The van der Waals surface area contributed by atoms with Gasteiger partial charge in [-0.05, 0) is 55.0 Å². The largest absolute Gasteiger partial charge is 0.490 e. The van der Waals surface area contributed by atoms with Gasteiger partial charge in [0.1, 0.15) is 29.2 Å². The average Bonchev–Trinajstić information content (AvgIpc) is 3.13. The molecule has 2 heterocycles. The van der Waals surface area contributed by atoms with Gasteiger partial charge >= 0.3 is 0 Å². The lowest BCUT2D eigenvalue weighted by Gasteiger charge is -2.26. The maximum absolute atomic E-state index is 6.29. The lowest BCUT2D eigenvalue weighted by Crippen LogP contribution is -2.25. The molecule has 0 spiro atoms. The number of benzene rings is 2. The minimum Gasteiger partial charge on any atom is -0.490 e. The number of aromatic nitrogens is 1. The highest BCUT2D eigenvalue weighted by Crippen LogP contribution is 2.37. The summed E-state index contributed by atoms with van der Waals surface area (Å²) in [5.41, 5.74) is 10.4. The fourth-order valence-corrected chi connectivity index (χ4v) is 4.84. The molecule has 2 N–H and O–H groups in total. The topological polar surface area (TPSA) is 57.4 Å². The molecule has 0 saturated heterocycles. The molecule has 1 saturated carbocycles. The first-order valence-corrected chi connectivity index (χ1v) is 11.3. The highest BCUT2D eigenvalue weighted by molar-refractivity contribution is 7.09. The Morgan fingerprint density at radius 2 is 2.07 bits per heavy atom. The fraction of sp³-hybridized carbons (Fsp3) is 0.375. The van der Waals surface area contributed by atoms with Gasteiger partial charge in [-0.3, -0.25) is 0 Å². The van der Waals surface area contributed by atoms with Crippen LogP contribution in [0.4, 0.5) is 5.69 Å². The number of nitrogens with zero attached hydrogens (tertiary/aromatic N) is 1. The van der Waals surface area contributed by atoms with E-state index < -0.39 is 0 Å². The summed E-state index contributed by atoms with van der Waals surface area (Å²) in [6.07, 6.45) is 6.99. The van der Waals surface area contributed by atoms with Gasteiger partial charge in [-0.25, -0.2) is 4.98 Å². The minimum atomic E-state index is 0.170. The molecule has 0 radical (unpaired) electrons. The van der Waals surface area contributed by atoms with Crippen LogP contribution in [-0.4, -0.2) is 11.1 Å². The molecule has 1 aliphatic heterocycles. The Balaban J connectivity index is 1.21. The van der Waals surface area contributed by atoms with Crippen molar-refractivity contribution in [3.8, 4) is 11.5 Å². The van der Waals surface area contributed by atoms with Crippen molar-refractivity contribution in [2.45, 2.75) is 57.2 Å². The van der Waals surface area contributed by atoms with Crippen molar-refractivity contribution in [1.29, 1.82) is 0 Å². The van der Waals surface area contributed by atoms with Crippen molar-refractivity contribution in [3.05, 3.63) is 69.7 Å². The van der Waals surface area contributed by atoms with Crippen LogP contribution in [0.2, 0.25) is 0 Å². The van der Waals surface area contributed by atoms with Crippen LogP contribution in [0.1, 0.15) is 53.4 Å². The van der Waals surface area contributed by atoms with E-state index in [9.17, 15) is 0 Å². The van der Waals surface area contributed by atoms with Gasteiger partial charge in [0.25, 0.3) is 0 Å². The number of fused-ring (bicyclic) bond motifs is 1. The minimum absolute atomic E-state index is 0.170. The molecule has 5 rings (SSSR count). The molecule has 1 aromatic heterocycles. The van der Waals surface area contributed by atoms with Crippen molar-refractivity contribution in [1.82, 2.24) is 4.98 Å². The zero-order valence-corrected chi connectivity index (χ0v) is 17.3. The molecule has 3 aromatic rings. The van der Waals surface area contributed by atoms with Gasteiger partial charge in [0.05, 0.1) is 5.69 Å². The lowest BCUT2D eigenvalue weighted by atomic mass is 9.83. The van der Waals surface area contributed by atoms with Crippen LogP contribution in [0.5, 0.6) is 11.5 Å². The summed E-state index contributed by atoms with van der Waals surface area (Å²) < 4.78 is 12.3. The van der Waals surface area contributed by atoms with Gasteiger partial charge in [0, 0.05) is 29.5 Å². The molecule has 1 aliphatic carbocycles. The standard InChI is InChI=1S/C24H26N2O2S/c25-19-6-1-3-16(11-19)12-21-10-8-18-7-9-20(13-23(18)28-21)27-14-24-26-22(15-29-24)17-4-2-5-17/h1,3,6-7,9,11,13,15,17,21H,2,4-5,8,10,12,14,25H2. The first-order chi connectivity index (χ1) is 14.2. The summed E-state index contributed by atoms with van der Waals surface area (Å²) in [5, 5.41) is 3.24. The van der Waals surface area contributed by atoms with Crippen molar-refractivity contribution in [2.24, 2.45) is 0 Å². The zero-order chi connectivity index (χ0) is 19.6. The number of rotatable bonds is 6. The number of thiazole rings is 1. The quantitative estimate of drug-likeness (QED) is 0.549. The van der Waals surface area contributed by atoms with E-state index in [1.165, 1.54) is 36.1 Å². The van der Waals surface area contributed by atoms with Crippen molar-refractivity contribution in [2.75, 3.05) is 5.73 Å². The normalized spacial score (nSPS) is 18.6. The van der Waals surface area contributed by atoms with Crippen LogP contribution in [0.3, 0.4) is 0 Å². The lowest BCUT2D eigenvalue weighted by molar-refractivity contribution is 0.172. The SMILES string of the molecule is Nc1cccc(CC2CCc3ccc(OCc4nc(C5CCC5)cs4)cc3O2)c1. The molecule has 2 aliphatic rings. The van der Waals surface area contributed by atoms with E-state index >= 15 is 0 Å². The summed E-state index contributed by atoms with van der Waals surface area (Å²) in [5.74, 6) is 2.46. The Labute approximate surface area is 175 Å². The predicted octanol–water partition coefficient (Wildman–Crippen LogP) is 5.51. The Morgan fingerprint density at radius 1 is 1.14 bits per heavy atom. The Hall–Kier alpha value is -2.53. The summed E-state index contributed by atoms with van der Waals surface area (Å²) >= 11 is 1.70. The van der Waals surface area contributed by atoms with Crippen LogP contribution >= 0.6 is 11.3 Å². The molecule has 4 nitrogen and oxygen atoms in total. The van der Waals surface area contributed by atoms with Crippen LogP contribution in [-0.2, 0) is 19.4 Å². The second-order valence-corrected chi connectivity index (χ2v) is 9.02. The van der Waals surface area contributed by atoms with Crippen molar-refractivity contribution < 1.29 is 9.47 Å². The van der Waals surface area contributed by atoms with E-state index in [1.54, 1.807) is 11.3 Å². The summed E-state index contributed by atoms with van der Waals surface area (Å²) in [7, 11) is 0. The molecular formula is C24H26N2O2S. The molecule has 150 valence electrons. The van der Waals surface area contributed by atoms with E-state index in [0.29, 0.717) is 12.5 Å². The van der Waals surface area contributed by atoms with Gasteiger partial charge in [-0.1, -0.05) is 24.6 Å². The third kappa shape index (κ3) is 4.25. The number of aryl methyl sites for hydroxylation is 1. The van der Waals surface area contributed by atoms with E-state index in [0.717, 1.165) is 41.5 Å². The zero-order valence-electron chi connectivity index (χ0n) is 16.5. The second-order valence-electron chi connectivity index (χ2n) is 8.08. The van der Waals surface area contributed by atoms with E-state index in [2.05, 4.69) is 17.5 Å². The van der Waals surface area contributed by atoms with Gasteiger partial charge < -0.3 is 15.2 Å². The first kappa shape index (κ1) is 18.5. The number of nitrogens with two attached hydrogens (primary N) is 1. The fourth-order valence-electron chi connectivity index (χ4n) is 4.05. The van der Waals surface area contributed by atoms with E-state index in [4.69, 9.17) is 20.2 Å². The Bertz CT molecular complexity index is 996. The van der Waals surface area contributed by atoms with Crippen LogP contribution in [0, 0.1) is 0 Å². The van der Waals surface area contributed by atoms with Crippen LogP contribution in [0.25, 0.3) is 0 Å². The molecule has 29 heavy (non-hydrogen) atoms. The van der Waals surface area contributed by atoms with Crippen molar-refractivity contribution >= 4 is 17.0 Å². The first-order valence-electron chi connectivity index (χ1n) is 10.4. The smallest absolute Gasteiger partial charge is 0.140 e. The molecule has 1 unspecified atom stereocenters. The summed E-state index contributed by atoms with van der Waals surface area (Å²) in [6, 6.07) is 14.3. The summed E-state index contributed by atoms with van der Waals surface area (Å²) in [6.45, 7) is 0.517. The molecular weight excluding hydrogens is 380 g/mol. The second kappa shape index (κ2) is 8.07. The number of hydrogen-bond donors (Lipinski definition) is 1. The molecule has 0 amide bonds. The highest BCUT2D eigenvalue weighted by atomic mass is 32.1. The maximum Gasteiger partial charge on any atom is 0.140 e. The third-order valence-electron chi connectivity index (χ3n) is 5.94. The van der Waals surface area contributed by atoms with Gasteiger partial charge in [0.15, 0.2) is 0 Å². The maximum atomic E-state index is 6.29. The van der Waals surface area contributed by atoms with Crippen molar-refractivity contribution in [3.63, 3.8) is 0 Å². The van der Waals surface area contributed by atoms with E-state index in [1.807, 2.05) is 30.3 Å².